The summed E-state index contributed by atoms with van der Waals surface area (Å²) in [5, 5.41) is 3.37. The average Bonchev–Trinajstić information content (AvgIpc) is 2.87. The first-order chi connectivity index (χ1) is 17.0. The number of rotatable bonds is 8. The lowest BCUT2D eigenvalue weighted by Crippen LogP contribution is -2.36. The van der Waals surface area contributed by atoms with Crippen LogP contribution in [0.25, 0.3) is 0 Å². The quantitative estimate of drug-likeness (QED) is 0.449. The van der Waals surface area contributed by atoms with Crippen molar-refractivity contribution < 1.29 is 28.5 Å². The van der Waals surface area contributed by atoms with Gasteiger partial charge in [-0.3, -0.25) is 4.79 Å². The Balaban J connectivity index is 1.83. The molecule has 7 heteroatoms. The van der Waals surface area contributed by atoms with Gasteiger partial charge in [-0.15, -0.1) is 0 Å². The van der Waals surface area contributed by atoms with Crippen molar-refractivity contribution in [3.8, 4) is 11.5 Å². The molecule has 0 unspecified atom stereocenters. The van der Waals surface area contributed by atoms with Gasteiger partial charge in [0.25, 0.3) is 0 Å². The Hall–Kier alpha value is -3.58. The molecular weight excluding hydrogens is 446 g/mol. The van der Waals surface area contributed by atoms with Gasteiger partial charge in [0.15, 0.2) is 5.78 Å². The van der Waals surface area contributed by atoms with Gasteiger partial charge < -0.3 is 24.3 Å². The third-order valence-corrected chi connectivity index (χ3v) is 6.59. The molecule has 2 aromatic carbocycles. The first-order valence-electron chi connectivity index (χ1n) is 11.6. The number of allylic oxidation sites excluding steroid dienone is 3. The van der Waals surface area contributed by atoms with Crippen LogP contribution in [-0.2, 0) is 19.1 Å². The highest BCUT2D eigenvalue weighted by atomic mass is 16.6. The van der Waals surface area contributed by atoms with Crippen LogP contribution in [0.5, 0.6) is 11.5 Å². The molecule has 0 amide bonds. The van der Waals surface area contributed by atoms with Crippen LogP contribution in [0.4, 0.5) is 0 Å². The third kappa shape index (κ3) is 4.95. The summed E-state index contributed by atoms with van der Waals surface area (Å²) in [7, 11) is 4.70. The van der Waals surface area contributed by atoms with Crippen LogP contribution in [-0.4, -0.2) is 46.3 Å². The summed E-state index contributed by atoms with van der Waals surface area (Å²) in [6, 6.07) is 15.5. The lowest BCUT2D eigenvalue weighted by atomic mass is 9.71. The maximum absolute atomic E-state index is 13.7. The molecule has 1 aliphatic carbocycles. The normalized spacial score (nSPS) is 19.7. The van der Waals surface area contributed by atoms with Crippen LogP contribution in [0, 0.1) is 0 Å². The van der Waals surface area contributed by atoms with Crippen LogP contribution in [0.3, 0.4) is 0 Å². The molecule has 0 saturated carbocycles. The summed E-state index contributed by atoms with van der Waals surface area (Å²) in [6.07, 6.45) is 1.02. The van der Waals surface area contributed by atoms with Crippen molar-refractivity contribution in [2.24, 2.45) is 0 Å². The Morgan fingerprint density at radius 3 is 2.46 bits per heavy atom. The molecule has 1 heterocycles. The van der Waals surface area contributed by atoms with Gasteiger partial charge in [-0.05, 0) is 43.0 Å². The molecular formula is C28H31NO6. The molecule has 2 aromatic rings. The molecule has 35 heavy (non-hydrogen) atoms. The molecule has 2 atom stereocenters. The predicted molar refractivity (Wildman–Crippen MR) is 131 cm³/mol. The summed E-state index contributed by atoms with van der Waals surface area (Å²) in [4.78, 5) is 27.0. The summed E-state index contributed by atoms with van der Waals surface area (Å²) < 4.78 is 21.7. The first-order valence-corrected chi connectivity index (χ1v) is 11.6. The molecule has 1 aliphatic heterocycles. The zero-order chi connectivity index (χ0) is 24.9. The Bertz CT molecular complexity index is 1170. The van der Waals surface area contributed by atoms with Gasteiger partial charge in [0.05, 0.1) is 32.3 Å². The molecule has 0 saturated heterocycles. The van der Waals surface area contributed by atoms with E-state index in [9.17, 15) is 9.59 Å². The molecule has 0 radical (unpaired) electrons. The zero-order valence-electron chi connectivity index (χ0n) is 20.6. The van der Waals surface area contributed by atoms with E-state index in [2.05, 4.69) is 17.4 Å². The highest BCUT2D eigenvalue weighted by Crippen LogP contribution is 2.48. The highest BCUT2D eigenvalue weighted by molar-refractivity contribution is 6.04. The number of benzene rings is 2. The molecule has 0 fully saturated rings. The Morgan fingerprint density at radius 2 is 1.77 bits per heavy atom. The standard InChI is InChI=1S/C28H31NO6/c1-17-25(28(31)35-13-12-32-2)26(21-16-20(33-3)10-11-24(21)34-4)27-22(29-17)14-19(15-23(27)30)18-8-6-5-7-9-18/h5-11,16,19,26,29H,12-15H2,1-4H3/t19-,26-/m0/s1. The predicted octanol–water partition coefficient (Wildman–Crippen LogP) is 4.26. The van der Waals surface area contributed by atoms with Crippen molar-refractivity contribution in [3.63, 3.8) is 0 Å². The van der Waals surface area contributed by atoms with Gasteiger partial charge >= 0.3 is 5.97 Å². The number of carbonyl (C=O) groups is 2. The summed E-state index contributed by atoms with van der Waals surface area (Å²) in [6.45, 7) is 2.24. The highest BCUT2D eigenvalue weighted by Gasteiger charge is 2.42. The van der Waals surface area contributed by atoms with Crippen LogP contribution in [0.1, 0.15) is 42.7 Å². The lowest BCUT2D eigenvalue weighted by Gasteiger charge is -2.37. The van der Waals surface area contributed by atoms with Crippen LogP contribution < -0.4 is 14.8 Å². The maximum atomic E-state index is 13.7. The molecule has 4 rings (SSSR count). The van der Waals surface area contributed by atoms with Gasteiger partial charge in [-0.1, -0.05) is 30.3 Å². The fourth-order valence-electron chi connectivity index (χ4n) is 4.94. The summed E-state index contributed by atoms with van der Waals surface area (Å²) in [5.74, 6) is 0.0965. The molecule has 2 aliphatic rings. The van der Waals surface area contributed by atoms with E-state index in [4.69, 9.17) is 18.9 Å². The Labute approximate surface area is 205 Å². The van der Waals surface area contributed by atoms with E-state index in [0.717, 1.165) is 11.3 Å². The topological polar surface area (TPSA) is 83.1 Å². The Morgan fingerprint density at radius 1 is 1.00 bits per heavy atom. The number of nitrogens with one attached hydrogen (secondary N) is 1. The van der Waals surface area contributed by atoms with Crippen molar-refractivity contribution in [2.45, 2.75) is 31.6 Å². The summed E-state index contributed by atoms with van der Waals surface area (Å²) in [5.41, 5.74) is 4.26. The fourth-order valence-corrected chi connectivity index (χ4v) is 4.94. The van der Waals surface area contributed by atoms with E-state index in [1.54, 1.807) is 33.5 Å². The van der Waals surface area contributed by atoms with E-state index in [1.807, 2.05) is 31.2 Å². The smallest absolute Gasteiger partial charge is 0.336 e. The van der Waals surface area contributed by atoms with E-state index in [-0.39, 0.29) is 24.9 Å². The lowest BCUT2D eigenvalue weighted by molar-refractivity contribution is -0.140. The fraction of sp³-hybridized carbons (Fsp3) is 0.357. The number of hydrogen-bond acceptors (Lipinski definition) is 7. The van der Waals surface area contributed by atoms with Gasteiger partial charge in [-0.2, -0.15) is 0 Å². The SMILES string of the molecule is COCCOC(=O)C1=C(C)NC2=C(C(=O)C[C@@H](c3ccccc3)C2)[C@H]1c1cc(OC)ccc1OC. The Kier molecular flexibility index (Phi) is 7.56. The van der Waals surface area contributed by atoms with Gasteiger partial charge in [0.2, 0.25) is 0 Å². The summed E-state index contributed by atoms with van der Waals surface area (Å²) >= 11 is 0. The number of dihydropyridines is 1. The maximum Gasteiger partial charge on any atom is 0.336 e. The largest absolute Gasteiger partial charge is 0.497 e. The number of ether oxygens (including phenoxy) is 4. The van der Waals surface area contributed by atoms with E-state index >= 15 is 0 Å². The molecule has 0 aromatic heterocycles. The molecule has 0 spiro atoms. The van der Waals surface area contributed by atoms with Crippen LogP contribution in [0.15, 0.2) is 71.1 Å². The molecule has 0 bridgehead atoms. The second kappa shape index (κ2) is 10.8. The molecule has 1 N–H and O–H groups in total. The van der Waals surface area contributed by atoms with Gasteiger partial charge in [0, 0.05) is 36.1 Å². The molecule has 7 nitrogen and oxygen atoms in total. The number of esters is 1. The minimum absolute atomic E-state index is 0.00262. The number of ketones is 1. The van der Waals surface area contributed by atoms with Gasteiger partial charge in [-0.25, -0.2) is 4.79 Å². The number of methoxy groups -OCH3 is 3. The number of carbonyl (C=O) groups excluding carboxylic acids is 2. The third-order valence-electron chi connectivity index (χ3n) is 6.59. The minimum atomic E-state index is -0.643. The minimum Gasteiger partial charge on any atom is -0.497 e. The van der Waals surface area contributed by atoms with E-state index < -0.39 is 11.9 Å². The first kappa shape index (κ1) is 24.5. The van der Waals surface area contributed by atoms with Crippen molar-refractivity contribution in [1.82, 2.24) is 5.32 Å². The zero-order valence-corrected chi connectivity index (χ0v) is 20.6. The molecule has 184 valence electrons. The van der Waals surface area contributed by atoms with Gasteiger partial charge in [0.1, 0.15) is 18.1 Å². The van der Waals surface area contributed by atoms with Crippen molar-refractivity contribution in [1.29, 1.82) is 0 Å². The number of Topliss-reactive ketones (excluding diaryl/α,β-unsaturated/α-hetero) is 1. The second-order valence-electron chi connectivity index (χ2n) is 8.66. The van der Waals surface area contributed by atoms with Crippen molar-refractivity contribution in [2.75, 3.05) is 34.5 Å². The monoisotopic (exact) mass is 477 g/mol. The van der Waals surface area contributed by atoms with Crippen molar-refractivity contribution in [3.05, 3.63) is 82.2 Å². The van der Waals surface area contributed by atoms with Crippen LogP contribution in [0.2, 0.25) is 0 Å². The van der Waals surface area contributed by atoms with E-state index in [0.29, 0.717) is 46.7 Å². The van der Waals surface area contributed by atoms with E-state index in [1.165, 1.54) is 0 Å². The van der Waals surface area contributed by atoms with Crippen molar-refractivity contribution >= 4 is 11.8 Å². The van der Waals surface area contributed by atoms with Crippen LogP contribution >= 0.6 is 0 Å². The number of hydrogen-bond donors (Lipinski definition) is 1. The average molecular weight is 478 g/mol. The second-order valence-corrected chi connectivity index (χ2v) is 8.66.